The van der Waals surface area contributed by atoms with Crippen LogP contribution in [-0.2, 0) is 15.6 Å². The molecular formula is C21H15ClF2N2O3S. The molecule has 0 fully saturated rings. The van der Waals surface area contributed by atoms with Crippen LogP contribution in [0.15, 0.2) is 42.6 Å². The van der Waals surface area contributed by atoms with Crippen LogP contribution in [0.5, 0.6) is 0 Å². The molecule has 2 aromatic heterocycles. The smallest absolute Gasteiger partial charge is 0.198 e. The van der Waals surface area contributed by atoms with Crippen LogP contribution in [0.2, 0.25) is 5.02 Å². The van der Waals surface area contributed by atoms with Crippen molar-refractivity contribution in [1.29, 1.82) is 0 Å². The highest BCUT2D eigenvalue weighted by molar-refractivity contribution is 7.90. The van der Waals surface area contributed by atoms with Gasteiger partial charge in [0.05, 0.1) is 16.3 Å². The van der Waals surface area contributed by atoms with Crippen molar-refractivity contribution in [2.24, 2.45) is 0 Å². The Morgan fingerprint density at radius 1 is 1.13 bits per heavy atom. The SMILES string of the molecule is CCS(=O)(=O)Cc1ccc(F)c(C(=O)c2ccc3[nH]c4ncc(Cl)cc4c3c2)c1F. The molecule has 1 N–H and O–H groups in total. The molecule has 0 atom stereocenters. The Balaban J connectivity index is 1.84. The van der Waals surface area contributed by atoms with Crippen LogP contribution in [0.25, 0.3) is 21.9 Å². The lowest BCUT2D eigenvalue weighted by molar-refractivity contribution is 0.103. The number of aromatic nitrogens is 2. The average Bonchev–Trinajstić information content (AvgIpc) is 3.07. The molecule has 0 unspecified atom stereocenters. The number of fused-ring (bicyclic) bond motifs is 3. The number of H-pyrrole nitrogens is 1. The lowest BCUT2D eigenvalue weighted by atomic mass is 9.98. The Morgan fingerprint density at radius 2 is 1.90 bits per heavy atom. The quantitative estimate of drug-likeness (QED) is 0.444. The molecule has 0 aliphatic heterocycles. The van der Waals surface area contributed by atoms with Gasteiger partial charge in [-0.25, -0.2) is 22.2 Å². The molecule has 2 aromatic carbocycles. The van der Waals surface area contributed by atoms with Crippen molar-refractivity contribution < 1.29 is 22.0 Å². The molecule has 4 rings (SSSR count). The Bertz CT molecular complexity index is 1430. The fourth-order valence-corrected chi connectivity index (χ4v) is 4.35. The van der Waals surface area contributed by atoms with Gasteiger partial charge in [-0.05, 0) is 30.3 Å². The number of nitrogens with zero attached hydrogens (tertiary/aromatic N) is 1. The number of pyridine rings is 1. The molecule has 0 saturated heterocycles. The number of nitrogens with one attached hydrogen (secondary N) is 1. The molecular weight excluding hydrogens is 434 g/mol. The van der Waals surface area contributed by atoms with Crippen LogP contribution >= 0.6 is 11.6 Å². The number of hydrogen-bond acceptors (Lipinski definition) is 4. The number of benzene rings is 2. The second-order valence-electron chi connectivity index (χ2n) is 6.84. The summed E-state index contributed by atoms with van der Waals surface area (Å²) in [5, 5.41) is 1.69. The molecule has 154 valence electrons. The number of aromatic amines is 1. The zero-order valence-electron chi connectivity index (χ0n) is 15.7. The van der Waals surface area contributed by atoms with E-state index in [9.17, 15) is 22.0 Å². The summed E-state index contributed by atoms with van der Waals surface area (Å²) in [5.41, 5.74) is 0.264. The van der Waals surface area contributed by atoms with Crippen molar-refractivity contribution >= 4 is 49.2 Å². The van der Waals surface area contributed by atoms with E-state index in [0.29, 0.717) is 27.0 Å². The molecule has 0 saturated carbocycles. The van der Waals surface area contributed by atoms with Gasteiger partial charge in [0.1, 0.15) is 17.3 Å². The number of hydrogen-bond donors (Lipinski definition) is 1. The molecule has 0 amide bonds. The molecule has 0 aliphatic carbocycles. The number of carbonyl (C=O) groups excluding carboxylic acids is 1. The fraction of sp³-hybridized carbons (Fsp3) is 0.143. The first-order valence-electron chi connectivity index (χ1n) is 8.99. The van der Waals surface area contributed by atoms with Crippen molar-refractivity contribution in [3.63, 3.8) is 0 Å². The summed E-state index contributed by atoms with van der Waals surface area (Å²) in [5.74, 6) is -3.91. The summed E-state index contributed by atoms with van der Waals surface area (Å²) in [6, 6.07) is 8.18. The zero-order chi connectivity index (χ0) is 21.6. The van der Waals surface area contributed by atoms with Crippen LogP contribution < -0.4 is 0 Å². The summed E-state index contributed by atoms with van der Waals surface area (Å²) < 4.78 is 53.1. The monoisotopic (exact) mass is 448 g/mol. The van der Waals surface area contributed by atoms with Crippen LogP contribution in [0.4, 0.5) is 8.78 Å². The molecule has 0 spiro atoms. The van der Waals surface area contributed by atoms with Gasteiger partial charge in [-0.3, -0.25) is 4.79 Å². The molecule has 0 aliphatic rings. The number of ketones is 1. The molecule has 0 radical (unpaired) electrons. The summed E-state index contributed by atoms with van der Waals surface area (Å²) in [6.07, 6.45) is 1.48. The third-order valence-electron chi connectivity index (χ3n) is 4.89. The number of carbonyl (C=O) groups is 1. The number of halogens is 3. The molecule has 2 heterocycles. The predicted molar refractivity (Wildman–Crippen MR) is 112 cm³/mol. The van der Waals surface area contributed by atoms with E-state index in [1.54, 1.807) is 12.1 Å². The van der Waals surface area contributed by atoms with Crippen molar-refractivity contribution in [1.82, 2.24) is 9.97 Å². The van der Waals surface area contributed by atoms with E-state index in [1.165, 1.54) is 25.3 Å². The first-order chi connectivity index (χ1) is 14.2. The summed E-state index contributed by atoms with van der Waals surface area (Å²) in [6.45, 7) is 1.43. The van der Waals surface area contributed by atoms with Gasteiger partial charge in [0.15, 0.2) is 15.6 Å². The third-order valence-corrected chi connectivity index (χ3v) is 6.73. The minimum Gasteiger partial charge on any atom is -0.339 e. The summed E-state index contributed by atoms with van der Waals surface area (Å²) in [7, 11) is -3.56. The first kappa shape index (κ1) is 20.4. The van der Waals surface area contributed by atoms with Gasteiger partial charge >= 0.3 is 0 Å². The van der Waals surface area contributed by atoms with Crippen molar-refractivity contribution in [3.8, 4) is 0 Å². The Labute approximate surface area is 175 Å². The van der Waals surface area contributed by atoms with Crippen molar-refractivity contribution in [2.75, 3.05) is 5.75 Å². The maximum absolute atomic E-state index is 14.9. The minimum absolute atomic E-state index is 0.0525. The molecule has 30 heavy (non-hydrogen) atoms. The van der Waals surface area contributed by atoms with E-state index >= 15 is 0 Å². The molecule has 0 bridgehead atoms. The standard InChI is InChI=1S/C21H15ClF2N2O3S/c1-2-30(28,29)10-12-3-5-16(23)18(19(12)24)20(27)11-4-6-17-14(7-11)15-8-13(22)9-25-21(15)26-17/h3-9H,2,10H2,1H3,(H,25,26). The Kier molecular flexibility index (Phi) is 5.07. The van der Waals surface area contributed by atoms with Gasteiger partial charge in [-0.2, -0.15) is 0 Å². The van der Waals surface area contributed by atoms with Crippen LogP contribution in [0.1, 0.15) is 28.4 Å². The molecule has 9 heteroatoms. The summed E-state index contributed by atoms with van der Waals surface area (Å²) in [4.78, 5) is 20.2. The van der Waals surface area contributed by atoms with E-state index in [-0.39, 0.29) is 16.9 Å². The van der Waals surface area contributed by atoms with Gasteiger partial charge in [-0.1, -0.05) is 24.6 Å². The van der Waals surface area contributed by atoms with E-state index in [0.717, 1.165) is 12.1 Å². The van der Waals surface area contributed by atoms with E-state index in [1.807, 2.05) is 0 Å². The second-order valence-corrected chi connectivity index (χ2v) is 9.63. The Hall–Kier alpha value is -2.84. The van der Waals surface area contributed by atoms with E-state index < -0.39 is 38.6 Å². The van der Waals surface area contributed by atoms with Crippen LogP contribution in [0, 0.1) is 11.6 Å². The first-order valence-corrected chi connectivity index (χ1v) is 11.2. The lowest BCUT2D eigenvalue weighted by Crippen LogP contribution is -2.13. The zero-order valence-corrected chi connectivity index (χ0v) is 17.2. The van der Waals surface area contributed by atoms with Gasteiger partial charge < -0.3 is 4.98 Å². The highest BCUT2D eigenvalue weighted by Gasteiger charge is 2.24. The third kappa shape index (κ3) is 3.57. The maximum Gasteiger partial charge on any atom is 0.198 e. The predicted octanol–water partition coefficient (Wildman–Crippen LogP) is 4.81. The van der Waals surface area contributed by atoms with Gasteiger partial charge in [0, 0.05) is 39.4 Å². The summed E-state index contributed by atoms with van der Waals surface area (Å²) >= 11 is 6.01. The van der Waals surface area contributed by atoms with Crippen LogP contribution in [0.3, 0.4) is 0 Å². The maximum atomic E-state index is 14.9. The molecule has 4 aromatic rings. The van der Waals surface area contributed by atoms with Gasteiger partial charge in [0.25, 0.3) is 0 Å². The largest absolute Gasteiger partial charge is 0.339 e. The second kappa shape index (κ2) is 7.45. The average molecular weight is 449 g/mol. The van der Waals surface area contributed by atoms with Gasteiger partial charge in [0.2, 0.25) is 0 Å². The van der Waals surface area contributed by atoms with Crippen molar-refractivity contribution in [2.45, 2.75) is 12.7 Å². The fourth-order valence-electron chi connectivity index (χ4n) is 3.29. The van der Waals surface area contributed by atoms with Crippen LogP contribution in [-0.4, -0.2) is 29.9 Å². The lowest BCUT2D eigenvalue weighted by Gasteiger charge is -2.09. The molecule has 5 nitrogen and oxygen atoms in total. The Morgan fingerprint density at radius 3 is 2.63 bits per heavy atom. The van der Waals surface area contributed by atoms with E-state index in [2.05, 4.69) is 9.97 Å². The number of sulfone groups is 1. The highest BCUT2D eigenvalue weighted by Crippen LogP contribution is 2.29. The van der Waals surface area contributed by atoms with E-state index in [4.69, 9.17) is 11.6 Å². The van der Waals surface area contributed by atoms with Crippen molar-refractivity contribution in [3.05, 3.63) is 75.9 Å². The highest BCUT2D eigenvalue weighted by atomic mass is 35.5. The normalized spacial score (nSPS) is 12.0. The minimum atomic E-state index is -3.56. The number of rotatable bonds is 5. The van der Waals surface area contributed by atoms with Gasteiger partial charge in [-0.15, -0.1) is 0 Å². The topological polar surface area (TPSA) is 79.9 Å².